The molecule has 0 aliphatic rings. The lowest BCUT2D eigenvalue weighted by molar-refractivity contribution is 0.415. The van der Waals surface area contributed by atoms with Crippen LogP contribution in [0.3, 0.4) is 0 Å². The largest absolute Gasteiger partial charge is 0.497 e. The average Bonchev–Trinajstić information content (AvgIpc) is 2.16. The van der Waals surface area contributed by atoms with Crippen molar-refractivity contribution in [1.29, 1.82) is 0 Å². The SMILES string of the molecule is COc1ccc2c(Cl)nc(N)nc2c1. The van der Waals surface area contributed by atoms with Crippen LogP contribution in [0.2, 0.25) is 5.15 Å². The molecule has 0 saturated carbocycles. The van der Waals surface area contributed by atoms with Crippen molar-refractivity contribution in [2.45, 2.75) is 0 Å². The minimum absolute atomic E-state index is 0.163. The van der Waals surface area contributed by atoms with E-state index in [0.717, 1.165) is 5.39 Å². The molecular formula is C9H8ClN3O. The van der Waals surface area contributed by atoms with E-state index in [2.05, 4.69) is 9.97 Å². The molecule has 0 radical (unpaired) electrons. The van der Waals surface area contributed by atoms with E-state index in [1.807, 2.05) is 0 Å². The summed E-state index contributed by atoms with van der Waals surface area (Å²) in [5.41, 5.74) is 6.15. The summed E-state index contributed by atoms with van der Waals surface area (Å²) >= 11 is 5.89. The van der Waals surface area contributed by atoms with E-state index in [4.69, 9.17) is 22.1 Å². The van der Waals surface area contributed by atoms with Crippen LogP contribution < -0.4 is 10.5 Å². The molecule has 0 amide bonds. The van der Waals surface area contributed by atoms with E-state index < -0.39 is 0 Å². The van der Waals surface area contributed by atoms with E-state index >= 15 is 0 Å². The first-order valence-corrected chi connectivity index (χ1v) is 4.35. The van der Waals surface area contributed by atoms with Crippen LogP contribution in [0, 0.1) is 0 Å². The molecule has 2 rings (SSSR count). The lowest BCUT2D eigenvalue weighted by atomic mass is 10.2. The topological polar surface area (TPSA) is 61.0 Å². The molecule has 0 bridgehead atoms. The quantitative estimate of drug-likeness (QED) is 0.729. The van der Waals surface area contributed by atoms with Crippen LogP contribution >= 0.6 is 11.6 Å². The summed E-state index contributed by atoms with van der Waals surface area (Å²) in [6.07, 6.45) is 0. The van der Waals surface area contributed by atoms with Crippen molar-refractivity contribution in [2.24, 2.45) is 0 Å². The Labute approximate surface area is 85.7 Å². The first-order valence-electron chi connectivity index (χ1n) is 3.97. The van der Waals surface area contributed by atoms with Crippen molar-refractivity contribution >= 4 is 28.5 Å². The number of nitrogens with two attached hydrogens (primary N) is 1. The molecular weight excluding hydrogens is 202 g/mol. The third-order valence-corrected chi connectivity index (χ3v) is 2.16. The molecule has 1 heterocycles. The monoisotopic (exact) mass is 209 g/mol. The molecule has 5 heteroatoms. The minimum Gasteiger partial charge on any atom is -0.497 e. The Morgan fingerprint density at radius 3 is 2.86 bits per heavy atom. The predicted molar refractivity (Wildman–Crippen MR) is 55.5 cm³/mol. The highest BCUT2D eigenvalue weighted by Gasteiger charge is 2.04. The van der Waals surface area contributed by atoms with Gasteiger partial charge < -0.3 is 10.5 Å². The third-order valence-electron chi connectivity index (χ3n) is 1.87. The van der Waals surface area contributed by atoms with Gasteiger partial charge in [-0.2, -0.15) is 0 Å². The first kappa shape index (κ1) is 9.02. The number of anilines is 1. The van der Waals surface area contributed by atoms with E-state index in [0.29, 0.717) is 16.4 Å². The van der Waals surface area contributed by atoms with Gasteiger partial charge in [0.2, 0.25) is 5.95 Å². The molecule has 1 aromatic heterocycles. The number of hydrogen-bond donors (Lipinski definition) is 1. The van der Waals surface area contributed by atoms with Crippen LogP contribution in [0.25, 0.3) is 10.9 Å². The second-order valence-electron chi connectivity index (χ2n) is 2.76. The van der Waals surface area contributed by atoms with Crippen LogP contribution in [0.1, 0.15) is 0 Å². The number of methoxy groups -OCH3 is 1. The molecule has 0 aliphatic heterocycles. The van der Waals surface area contributed by atoms with Gasteiger partial charge in [-0.25, -0.2) is 9.97 Å². The van der Waals surface area contributed by atoms with Crippen molar-refractivity contribution in [3.05, 3.63) is 23.4 Å². The second-order valence-corrected chi connectivity index (χ2v) is 3.11. The summed E-state index contributed by atoms with van der Waals surface area (Å²) in [4.78, 5) is 7.90. The van der Waals surface area contributed by atoms with Crippen LogP contribution in [0.5, 0.6) is 5.75 Å². The Bertz CT molecular complexity index is 487. The summed E-state index contributed by atoms with van der Waals surface area (Å²) < 4.78 is 5.06. The number of nitrogen functional groups attached to an aromatic ring is 1. The number of ether oxygens (including phenoxy) is 1. The van der Waals surface area contributed by atoms with Gasteiger partial charge >= 0.3 is 0 Å². The van der Waals surface area contributed by atoms with Gasteiger partial charge in [-0.15, -0.1) is 0 Å². The van der Waals surface area contributed by atoms with Crippen molar-refractivity contribution in [3.63, 3.8) is 0 Å². The molecule has 0 spiro atoms. The van der Waals surface area contributed by atoms with Crippen LogP contribution in [-0.2, 0) is 0 Å². The maximum atomic E-state index is 5.89. The van der Waals surface area contributed by atoms with E-state index in [9.17, 15) is 0 Å². The maximum absolute atomic E-state index is 5.89. The van der Waals surface area contributed by atoms with E-state index in [1.165, 1.54) is 0 Å². The summed E-state index contributed by atoms with van der Waals surface area (Å²) in [6.45, 7) is 0. The van der Waals surface area contributed by atoms with Gasteiger partial charge in [0.25, 0.3) is 0 Å². The fourth-order valence-corrected chi connectivity index (χ4v) is 1.46. The molecule has 0 atom stereocenters. The number of rotatable bonds is 1. The zero-order chi connectivity index (χ0) is 10.1. The fraction of sp³-hybridized carbons (Fsp3) is 0.111. The van der Waals surface area contributed by atoms with E-state index in [1.54, 1.807) is 25.3 Å². The summed E-state index contributed by atoms with van der Waals surface area (Å²) in [5.74, 6) is 0.877. The highest BCUT2D eigenvalue weighted by atomic mass is 35.5. The Balaban J connectivity index is 2.75. The highest BCUT2D eigenvalue weighted by Crippen LogP contribution is 2.24. The van der Waals surface area contributed by atoms with Crippen molar-refractivity contribution in [3.8, 4) is 5.75 Å². The molecule has 4 nitrogen and oxygen atoms in total. The van der Waals surface area contributed by atoms with Gasteiger partial charge in [-0.05, 0) is 12.1 Å². The third kappa shape index (κ3) is 1.44. The molecule has 0 fully saturated rings. The molecule has 14 heavy (non-hydrogen) atoms. The summed E-state index contributed by atoms with van der Waals surface area (Å²) in [7, 11) is 1.59. The fourth-order valence-electron chi connectivity index (χ4n) is 1.21. The number of hydrogen-bond acceptors (Lipinski definition) is 4. The molecule has 2 aromatic rings. The molecule has 1 aromatic carbocycles. The lowest BCUT2D eigenvalue weighted by Crippen LogP contribution is -1.95. The van der Waals surface area contributed by atoms with Gasteiger partial charge in [0.1, 0.15) is 10.9 Å². The number of aromatic nitrogens is 2. The van der Waals surface area contributed by atoms with Gasteiger partial charge in [0.15, 0.2) is 0 Å². The van der Waals surface area contributed by atoms with Gasteiger partial charge in [-0.3, -0.25) is 0 Å². The molecule has 0 aliphatic carbocycles. The minimum atomic E-state index is 0.163. The zero-order valence-corrected chi connectivity index (χ0v) is 8.25. The van der Waals surface area contributed by atoms with Crippen LogP contribution in [0.15, 0.2) is 18.2 Å². The molecule has 0 saturated heterocycles. The normalized spacial score (nSPS) is 10.4. The Morgan fingerprint density at radius 2 is 2.14 bits per heavy atom. The summed E-state index contributed by atoms with van der Waals surface area (Å²) in [6, 6.07) is 5.36. The molecule has 72 valence electrons. The predicted octanol–water partition coefficient (Wildman–Crippen LogP) is 1.87. The standard InChI is InChI=1S/C9H8ClN3O/c1-14-5-2-3-6-7(4-5)12-9(11)13-8(6)10/h2-4H,1H3,(H2,11,12,13). The Hall–Kier alpha value is -1.55. The van der Waals surface area contributed by atoms with Crippen molar-refractivity contribution in [1.82, 2.24) is 9.97 Å². The van der Waals surface area contributed by atoms with Gasteiger partial charge in [0, 0.05) is 11.5 Å². The maximum Gasteiger partial charge on any atom is 0.222 e. The number of nitrogens with zero attached hydrogens (tertiary/aromatic N) is 2. The lowest BCUT2D eigenvalue weighted by Gasteiger charge is -2.03. The second kappa shape index (κ2) is 3.31. The smallest absolute Gasteiger partial charge is 0.222 e. The number of benzene rings is 1. The number of fused-ring (bicyclic) bond motifs is 1. The summed E-state index contributed by atoms with van der Waals surface area (Å²) in [5, 5.41) is 1.12. The van der Waals surface area contributed by atoms with Crippen LogP contribution in [-0.4, -0.2) is 17.1 Å². The van der Waals surface area contributed by atoms with Crippen molar-refractivity contribution in [2.75, 3.05) is 12.8 Å². The van der Waals surface area contributed by atoms with E-state index in [-0.39, 0.29) is 5.95 Å². The number of halogens is 1. The van der Waals surface area contributed by atoms with Crippen LogP contribution in [0.4, 0.5) is 5.95 Å². The molecule has 2 N–H and O–H groups in total. The van der Waals surface area contributed by atoms with Gasteiger partial charge in [-0.1, -0.05) is 11.6 Å². The Kier molecular flexibility index (Phi) is 2.13. The average molecular weight is 210 g/mol. The van der Waals surface area contributed by atoms with Crippen molar-refractivity contribution < 1.29 is 4.74 Å². The first-order chi connectivity index (χ1) is 6.70. The Morgan fingerprint density at radius 1 is 1.36 bits per heavy atom. The zero-order valence-electron chi connectivity index (χ0n) is 7.49. The molecule has 0 unspecified atom stereocenters. The highest BCUT2D eigenvalue weighted by molar-refractivity contribution is 6.34. The van der Waals surface area contributed by atoms with Gasteiger partial charge in [0.05, 0.1) is 12.6 Å².